The van der Waals surface area contributed by atoms with Crippen LogP contribution in [0.15, 0.2) is 77.7 Å². The molecule has 6 heterocycles. The number of amides is 7. The average Bonchev–Trinajstić information content (AvgIpc) is 4.06. The Labute approximate surface area is 389 Å². The summed E-state index contributed by atoms with van der Waals surface area (Å²) in [6.45, 7) is 2.15. The highest BCUT2D eigenvalue weighted by Gasteiger charge is 2.45. The van der Waals surface area contributed by atoms with Gasteiger partial charge in [-0.15, -0.1) is 0 Å². The Bertz CT molecular complexity index is 2800. The fourth-order valence-electron chi connectivity index (χ4n) is 7.72. The Hall–Kier alpha value is -8.03. The number of imide groups is 2. The lowest BCUT2D eigenvalue weighted by Crippen LogP contribution is -2.54. The van der Waals surface area contributed by atoms with E-state index in [2.05, 4.69) is 46.6 Å². The number of rotatable bonds is 18. The molecule has 25 heteroatoms. The lowest BCUT2D eigenvalue weighted by atomic mass is 10.0. The molecule has 0 radical (unpaired) electrons. The highest BCUT2D eigenvalue weighted by molar-refractivity contribution is 6.25. The molecule has 2 saturated heterocycles. The number of ether oxygens (including phenoxy) is 2. The van der Waals surface area contributed by atoms with Gasteiger partial charge in [0.2, 0.25) is 17.7 Å². The van der Waals surface area contributed by atoms with Crippen molar-refractivity contribution in [2.45, 2.75) is 31.2 Å². The van der Waals surface area contributed by atoms with Gasteiger partial charge in [0, 0.05) is 62.2 Å². The van der Waals surface area contributed by atoms with E-state index < -0.39 is 54.2 Å². The van der Waals surface area contributed by atoms with Gasteiger partial charge >= 0.3 is 6.18 Å². The third kappa shape index (κ3) is 11.2. The quantitative estimate of drug-likeness (QED) is 0.0542. The lowest BCUT2D eigenvalue weighted by molar-refractivity contribution is -0.136. The predicted molar refractivity (Wildman–Crippen MR) is 235 cm³/mol. The molecule has 22 nitrogen and oxygen atoms in total. The van der Waals surface area contributed by atoms with Gasteiger partial charge in [0.15, 0.2) is 11.4 Å². The van der Waals surface area contributed by atoms with Crippen LogP contribution in [0.25, 0.3) is 17.1 Å². The number of primary amides is 1. The molecule has 8 rings (SSSR count). The number of aromatic nitrogens is 4. The Morgan fingerprint density at radius 2 is 1.78 bits per heavy atom. The smallest absolute Gasteiger partial charge is 0.405 e. The number of fused-ring (bicyclic) bond motifs is 1. The molecule has 0 saturated carbocycles. The first-order valence-corrected chi connectivity index (χ1v) is 21.4. The summed E-state index contributed by atoms with van der Waals surface area (Å²) in [5.41, 5.74) is 6.77. The van der Waals surface area contributed by atoms with Crippen molar-refractivity contribution in [3.63, 3.8) is 0 Å². The summed E-state index contributed by atoms with van der Waals surface area (Å²) in [4.78, 5) is 100. The SMILES string of the molecule is NC(=O)c1nn(-c2ccc(C(=O)NCC3CN(CCOCCNc4cccc5c4C(=O)N(C4CCC(=O)NC4=O)C5=O)CCO3)cc2)cc1NC(=O)c1coc(-c2ccnc(NCC(F)(F)F)c2)n1. The molecule has 7 N–H and O–H groups in total. The molecule has 69 heavy (non-hydrogen) atoms. The van der Waals surface area contributed by atoms with Gasteiger partial charge in [-0.25, -0.2) is 14.6 Å². The molecule has 5 aromatic rings. The number of carbonyl (C=O) groups is 7. The van der Waals surface area contributed by atoms with Crippen LogP contribution in [-0.2, 0) is 19.1 Å². The molecule has 360 valence electrons. The first kappa shape index (κ1) is 47.5. The third-order valence-electron chi connectivity index (χ3n) is 11.1. The molecule has 2 fully saturated rings. The summed E-state index contributed by atoms with van der Waals surface area (Å²) < 4.78 is 56.3. The third-order valence-corrected chi connectivity index (χ3v) is 11.1. The second kappa shape index (κ2) is 20.5. The highest BCUT2D eigenvalue weighted by atomic mass is 19.4. The van der Waals surface area contributed by atoms with E-state index in [0.29, 0.717) is 56.3 Å². The number of pyridine rings is 1. The van der Waals surface area contributed by atoms with Crippen LogP contribution in [-0.4, -0.2) is 148 Å². The Balaban J connectivity index is 0.772. The largest absolute Gasteiger partial charge is 0.444 e. The molecule has 2 atom stereocenters. The monoisotopic (exact) mass is 956 g/mol. The van der Waals surface area contributed by atoms with Crippen LogP contribution in [0.2, 0.25) is 0 Å². The van der Waals surface area contributed by atoms with Crippen molar-refractivity contribution in [2.24, 2.45) is 5.73 Å². The minimum atomic E-state index is -4.47. The molecule has 3 aliphatic rings. The summed E-state index contributed by atoms with van der Waals surface area (Å²) in [6, 6.07) is 12.7. The molecule has 2 unspecified atom stereocenters. The minimum Gasteiger partial charge on any atom is -0.444 e. The van der Waals surface area contributed by atoms with E-state index in [1.54, 1.807) is 36.4 Å². The van der Waals surface area contributed by atoms with Gasteiger partial charge < -0.3 is 40.9 Å². The van der Waals surface area contributed by atoms with Crippen LogP contribution < -0.4 is 32.3 Å². The fourth-order valence-corrected chi connectivity index (χ4v) is 7.72. The normalized spacial score (nSPS) is 17.3. The van der Waals surface area contributed by atoms with Gasteiger partial charge in [-0.05, 0) is 55.0 Å². The predicted octanol–water partition coefficient (Wildman–Crippen LogP) is 2.21. The van der Waals surface area contributed by atoms with Crippen LogP contribution in [0, 0.1) is 0 Å². The molecule has 0 aliphatic carbocycles. The number of anilines is 3. The van der Waals surface area contributed by atoms with Crippen molar-refractivity contribution in [3.8, 4) is 17.1 Å². The van der Waals surface area contributed by atoms with Crippen molar-refractivity contribution >= 4 is 58.5 Å². The van der Waals surface area contributed by atoms with Crippen LogP contribution in [0.5, 0.6) is 0 Å². The van der Waals surface area contributed by atoms with Crippen molar-refractivity contribution in [3.05, 3.63) is 101 Å². The van der Waals surface area contributed by atoms with Gasteiger partial charge in [0.1, 0.15) is 24.7 Å². The zero-order valence-electron chi connectivity index (χ0n) is 36.3. The number of nitrogens with zero attached hydrogens (tertiary/aromatic N) is 6. The highest BCUT2D eigenvalue weighted by Crippen LogP contribution is 2.32. The second-order valence-electron chi connectivity index (χ2n) is 15.9. The topological polar surface area (TPSA) is 287 Å². The Kier molecular flexibility index (Phi) is 14.1. The number of halogens is 3. The summed E-state index contributed by atoms with van der Waals surface area (Å²) in [6.07, 6.45) is -1.06. The van der Waals surface area contributed by atoms with Crippen LogP contribution in [0.1, 0.15) is 64.9 Å². The minimum absolute atomic E-state index is 0.0274. The van der Waals surface area contributed by atoms with Crippen molar-refractivity contribution in [2.75, 3.05) is 75.0 Å². The molecular weight excluding hydrogens is 914 g/mol. The number of benzene rings is 2. The molecule has 7 amide bonds. The zero-order valence-corrected chi connectivity index (χ0v) is 36.3. The number of oxazole rings is 1. The summed E-state index contributed by atoms with van der Waals surface area (Å²) in [5, 5.41) is 17.1. The number of alkyl halides is 3. The fraction of sp³-hybridized carbons (Fsp3) is 0.318. The average molecular weight is 957 g/mol. The molecule has 0 spiro atoms. The maximum absolute atomic E-state index is 13.3. The maximum atomic E-state index is 13.3. The Morgan fingerprint density at radius 1 is 0.971 bits per heavy atom. The standard InChI is InChI=1S/C44H43F3N12O10/c45-44(46,47)23-52-33-18-25(10-11-50-33)41-54-31(22-69-41)39(63)53-30-21-58(56-36(30)37(48)61)26-6-4-24(5-7-26)38(62)51-19-27-20-57(14-17-68-27)13-16-67-15-12-49-29-3-1-2-28-35(29)43(66)59(42(28)65)32-8-9-34(60)55-40(32)64/h1-7,10-11,18,21-22,27,32,49H,8-9,12-17,19-20,23H2,(H2,48,61)(H,50,52)(H,51,62)(H,53,63)(H,55,60,64). The van der Waals surface area contributed by atoms with Gasteiger partial charge in [0.25, 0.3) is 29.5 Å². The summed E-state index contributed by atoms with van der Waals surface area (Å²) in [7, 11) is 0. The number of hydrogen-bond donors (Lipinski definition) is 6. The number of morpholine rings is 1. The van der Waals surface area contributed by atoms with Crippen molar-refractivity contribution in [1.82, 2.24) is 40.2 Å². The van der Waals surface area contributed by atoms with Crippen LogP contribution >= 0.6 is 0 Å². The molecule has 3 aliphatic heterocycles. The van der Waals surface area contributed by atoms with E-state index in [4.69, 9.17) is 19.6 Å². The maximum Gasteiger partial charge on any atom is 0.405 e. The molecular formula is C44H43F3N12O10. The van der Waals surface area contributed by atoms with E-state index in [1.807, 2.05) is 0 Å². The summed E-state index contributed by atoms with van der Waals surface area (Å²) in [5.74, 6) is -4.60. The van der Waals surface area contributed by atoms with E-state index >= 15 is 0 Å². The number of piperidine rings is 1. The number of nitrogens with one attached hydrogen (secondary N) is 5. The summed E-state index contributed by atoms with van der Waals surface area (Å²) >= 11 is 0. The lowest BCUT2D eigenvalue weighted by Gasteiger charge is -2.32. The van der Waals surface area contributed by atoms with Gasteiger partial charge in [-0.1, -0.05) is 6.07 Å². The van der Waals surface area contributed by atoms with E-state index in [1.165, 1.54) is 35.3 Å². The molecule has 0 bridgehead atoms. The van der Waals surface area contributed by atoms with E-state index in [9.17, 15) is 46.7 Å². The zero-order chi connectivity index (χ0) is 48.8. The number of hydrogen-bond acceptors (Lipinski definition) is 16. The van der Waals surface area contributed by atoms with E-state index in [0.717, 1.165) is 11.2 Å². The van der Waals surface area contributed by atoms with Crippen molar-refractivity contribution in [1.29, 1.82) is 0 Å². The van der Waals surface area contributed by atoms with Crippen LogP contribution in [0.3, 0.4) is 0 Å². The van der Waals surface area contributed by atoms with Crippen LogP contribution in [0.4, 0.5) is 30.4 Å². The first-order chi connectivity index (χ1) is 33.1. The molecule has 2 aromatic carbocycles. The van der Waals surface area contributed by atoms with E-state index in [-0.39, 0.29) is 83.5 Å². The Morgan fingerprint density at radius 3 is 2.55 bits per heavy atom. The molecule has 3 aromatic heterocycles. The first-order valence-electron chi connectivity index (χ1n) is 21.4. The van der Waals surface area contributed by atoms with Gasteiger partial charge in [-0.2, -0.15) is 18.3 Å². The van der Waals surface area contributed by atoms with Crippen molar-refractivity contribution < 1.29 is 60.6 Å². The van der Waals surface area contributed by atoms with Gasteiger partial charge in [-0.3, -0.25) is 48.7 Å². The number of nitrogens with two attached hydrogens (primary N) is 1. The second-order valence-corrected chi connectivity index (χ2v) is 15.9. The number of carbonyl (C=O) groups excluding carboxylic acids is 7. The van der Waals surface area contributed by atoms with Gasteiger partial charge in [0.05, 0.1) is 54.6 Å².